The molecule has 1 aromatic carbocycles. The van der Waals surface area contributed by atoms with Gasteiger partial charge in [0.05, 0.1) is 50.7 Å². The van der Waals surface area contributed by atoms with Crippen molar-refractivity contribution in [2.24, 2.45) is 39.9 Å². The maximum Gasteiger partial charge on any atom is 0.267 e. The van der Waals surface area contributed by atoms with Gasteiger partial charge < -0.3 is 44.3 Å². The van der Waals surface area contributed by atoms with Crippen molar-refractivity contribution >= 4 is 52.3 Å². The average molecular weight is 1350 g/mol. The van der Waals surface area contributed by atoms with Gasteiger partial charge in [0.15, 0.2) is 11.5 Å². The summed E-state index contributed by atoms with van der Waals surface area (Å²) in [6.07, 6.45) is 18.6. The minimum absolute atomic E-state index is 0.000408. The van der Waals surface area contributed by atoms with E-state index in [4.69, 9.17) is 14.2 Å². The zero-order valence-corrected chi connectivity index (χ0v) is 59.3. The number of hydrogen-bond donors (Lipinski definition) is 5. The summed E-state index contributed by atoms with van der Waals surface area (Å²) in [6.45, 7) is 27.1. The van der Waals surface area contributed by atoms with Gasteiger partial charge in [-0.25, -0.2) is 5.21 Å². The van der Waals surface area contributed by atoms with Crippen LogP contribution in [0.3, 0.4) is 0 Å². The van der Waals surface area contributed by atoms with Gasteiger partial charge in [-0.1, -0.05) is 27.7 Å². The molecule has 7 spiro atoms. The number of carbonyl (C=O) groups excluding carboxylic acids is 6. The zero-order chi connectivity index (χ0) is 68.9. The number of rotatable bonds is 0. The van der Waals surface area contributed by atoms with Gasteiger partial charge in [0, 0.05) is 88.9 Å². The standard InChI is InChI=1S/C53H61N5O8.C26H31N3O4/c1-45(2)19-15-26-30(65-45)13-11-28-35-38-52-29-12-14-31-27(16-20-46(3,4)66-31)37(29)58(64)40(52)48(7,8)32-23-49-17-9-21-54(49)43(61)51(32,25-34(49)59)41(52)56-42(60)50-18-10-22-55(50)44(62)53(38,56)33(24-50)47(5,6)39(35)57(63)36(26)28;1-23(2)10-8-15-17(33-23)7-6-14-16-12-26-18(24(3,4)20(16)29(32)19(14)15)13-25(21(30)27-26)9-5-11-28(25)22(26)31/h12,14-15,19,32-33,38,40-41,63-64H,9-11,13,16-18,20-25H2,1-8H3;8,10,16,18H,5-7,9,11-13H2,1-4H3,(H-,27,30,32)/p+2/t32?,33?,38?,40-,41?,49-,50?,51?,52?,53+;16-,18?,25?,26+/m10/s1. The molecule has 2 aromatic rings. The van der Waals surface area contributed by atoms with E-state index < -0.39 is 89.9 Å². The summed E-state index contributed by atoms with van der Waals surface area (Å²) < 4.78 is 22.5. The number of nitrogens with one attached hydrogen (secondary N) is 2. The monoisotopic (exact) mass is 1350 g/mol. The highest BCUT2D eigenvalue weighted by molar-refractivity contribution is 6.12. The van der Waals surface area contributed by atoms with Gasteiger partial charge in [0.1, 0.15) is 67.8 Å². The molecule has 23 aliphatic rings. The Balaban J connectivity index is 0.000000163. The molecule has 17 aliphatic heterocycles. The minimum atomic E-state index is -1.50. The summed E-state index contributed by atoms with van der Waals surface area (Å²) >= 11 is 0. The van der Waals surface area contributed by atoms with Crippen molar-refractivity contribution in [3.8, 4) is 5.75 Å². The molecule has 15 atom stereocenters. The van der Waals surface area contributed by atoms with E-state index in [9.17, 15) is 25.2 Å². The van der Waals surface area contributed by atoms with Crippen LogP contribution in [0.25, 0.3) is 5.57 Å². The Bertz CT molecular complexity index is 4590. The fourth-order valence-corrected chi connectivity index (χ4v) is 28.1. The molecule has 6 bridgehead atoms. The zero-order valence-electron chi connectivity index (χ0n) is 59.3. The van der Waals surface area contributed by atoms with E-state index in [0.717, 1.165) is 112 Å². The van der Waals surface area contributed by atoms with Crippen LogP contribution in [0, 0.1) is 39.9 Å². The third-order valence-corrected chi connectivity index (χ3v) is 31.3. The highest BCUT2D eigenvalue weighted by atomic mass is 16.5. The Labute approximate surface area is 577 Å². The number of quaternary nitrogens is 1. The fourth-order valence-electron chi connectivity index (χ4n) is 28.1. The molecule has 5 amide bonds. The first kappa shape index (κ1) is 60.6. The van der Waals surface area contributed by atoms with Crippen LogP contribution in [0.2, 0.25) is 0 Å². The van der Waals surface area contributed by atoms with E-state index in [-0.39, 0.29) is 70.2 Å². The number of hydroxylamine groups is 2. The number of hydrogen-bond acceptors (Lipinski definition) is 12. The average Bonchev–Trinajstić information content (AvgIpc) is 1.42. The molecule has 520 valence electrons. The number of ketones is 1. The van der Waals surface area contributed by atoms with Crippen LogP contribution < -0.4 is 15.1 Å². The van der Waals surface area contributed by atoms with Gasteiger partial charge >= 0.3 is 0 Å². The number of nitrogens with zero attached hydrogens (tertiary/aromatic N) is 6. The summed E-state index contributed by atoms with van der Waals surface area (Å²) in [5, 5.41) is 42.2. The van der Waals surface area contributed by atoms with Crippen molar-refractivity contribution < 1.29 is 68.4 Å². The Morgan fingerprint density at radius 3 is 1.98 bits per heavy atom. The van der Waals surface area contributed by atoms with Crippen molar-refractivity contribution in [3.63, 3.8) is 0 Å². The lowest BCUT2D eigenvalue weighted by Gasteiger charge is -2.71. The molecule has 99 heavy (non-hydrogen) atoms. The number of Topliss-reactive ketones (excluding diaryl/α,β-unsaturated/α-hetero) is 1. The van der Waals surface area contributed by atoms with Gasteiger partial charge in [-0.2, -0.15) is 9.79 Å². The molecule has 3 saturated carbocycles. The molecule has 25 rings (SSSR count). The van der Waals surface area contributed by atoms with Gasteiger partial charge in [0.25, 0.3) is 5.70 Å². The predicted octanol–water partition coefficient (Wildman–Crippen LogP) is 7.98. The molecule has 20 heteroatoms. The normalized spacial score (nSPS) is 43.2. The summed E-state index contributed by atoms with van der Waals surface area (Å²) in [7, 11) is 0. The first-order valence-corrected chi connectivity index (χ1v) is 37.5. The van der Waals surface area contributed by atoms with Crippen molar-refractivity contribution in [2.45, 2.75) is 266 Å². The smallest absolute Gasteiger partial charge is 0.267 e. The van der Waals surface area contributed by atoms with Crippen molar-refractivity contribution in [1.29, 1.82) is 0 Å². The van der Waals surface area contributed by atoms with Crippen molar-refractivity contribution in [2.75, 3.05) is 19.6 Å². The molecule has 18 heterocycles. The molecule has 1 aromatic heterocycles. The molecule has 20 nitrogen and oxygen atoms in total. The molecule has 10 unspecified atom stereocenters. The number of ether oxygens (including phenoxy) is 3. The first-order valence-electron chi connectivity index (χ1n) is 37.5. The SMILES string of the molecule is CC1(C)C=CC2=C(CCC3=C2[N+](O)=C2[C@H]3C[C@]34NC(=O)C5(CCCN5C3=O)CC4C2(C)C)O1.CC1(C)C=CC2=C(CCc3c4c(n(O)c32)C(C)(C)C2CC35CCCN3C(=O)[C@@]23C4C24c6ccc7c(c6[NH+](O)[C@@H]2C(C)(C)C2C[C@@]68CCCN6C(=O)C2(CC8=O)C4N3C5=O)CCC(C)(C)O7)O1. The maximum absolute atomic E-state index is 16.8. The molecule has 5 N–H and O–H groups in total. The number of fused-ring (bicyclic) bond motifs is 13. The quantitative estimate of drug-likeness (QED) is 0.0961. The highest BCUT2D eigenvalue weighted by Crippen LogP contribution is 2.83. The number of carbonyl (C=O) groups is 6. The van der Waals surface area contributed by atoms with E-state index in [2.05, 4.69) is 78.9 Å². The number of aromatic nitrogens is 1. The summed E-state index contributed by atoms with van der Waals surface area (Å²) in [6, 6.07) is 2.56. The van der Waals surface area contributed by atoms with Crippen LogP contribution in [-0.2, 0) is 61.9 Å². The van der Waals surface area contributed by atoms with Crippen LogP contribution in [0.1, 0.15) is 219 Å². The molecule has 12 saturated heterocycles. The third-order valence-electron chi connectivity index (χ3n) is 31.3. The predicted molar refractivity (Wildman–Crippen MR) is 356 cm³/mol. The van der Waals surface area contributed by atoms with Crippen molar-refractivity contribution in [3.05, 3.63) is 98.4 Å². The summed E-state index contributed by atoms with van der Waals surface area (Å²) in [5.41, 5.74) is -0.758. The second kappa shape index (κ2) is 17.3. The van der Waals surface area contributed by atoms with Gasteiger partial charge in [0.2, 0.25) is 35.2 Å². The molecule has 15 fully saturated rings. The number of allylic oxidation sites excluding steroid dienone is 6. The van der Waals surface area contributed by atoms with E-state index in [0.29, 0.717) is 89.5 Å². The van der Waals surface area contributed by atoms with E-state index >= 15 is 19.2 Å². The van der Waals surface area contributed by atoms with Gasteiger partial charge in [-0.05, 0) is 199 Å². The Morgan fingerprint density at radius 1 is 0.636 bits per heavy atom. The molecule has 0 radical (unpaired) electrons. The summed E-state index contributed by atoms with van der Waals surface area (Å²) in [5.74, 6) is 0.707. The fraction of sp³-hybridized carbons (Fsp3) is 0.658. The second-order valence-electron chi connectivity index (χ2n) is 37.8. The number of piperazine rings is 2. The minimum Gasteiger partial charge on any atom is -0.487 e. The Morgan fingerprint density at radius 2 is 1.26 bits per heavy atom. The number of piperidine rings is 6. The van der Waals surface area contributed by atoms with Crippen LogP contribution in [-0.4, -0.2) is 162 Å². The van der Waals surface area contributed by atoms with Crippen LogP contribution in [0.5, 0.6) is 5.75 Å². The molecular weight excluding hydrogens is 1250 g/mol. The van der Waals surface area contributed by atoms with E-state index in [1.54, 1.807) is 0 Å². The van der Waals surface area contributed by atoms with Crippen LogP contribution >= 0.6 is 0 Å². The van der Waals surface area contributed by atoms with Gasteiger partial charge in [-0.3, -0.25) is 34.0 Å². The van der Waals surface area contributed by atoms with E-state index in [1.807, 2.05) is 65.5 Å². The number of benzene rings is 1. The molecule has 6 aliphatic carbocycles. The second-order valence-corrected chi connectivity index (χ2v) is 37.8. The molecular formula is C79H94N8O12+2. The van der Waals surface area contributed by atoms with Crippen LogP contribution in [0.15, 0.2) is 64.8 Å². The van der Waals surface area contributed by atoms with Crippen molar-refractivity contribution in [1.82, 2.24) is 29.6 Å². The maximum atomic E-state index is 16.8. The Hall–Kier alpha value is -7.19. The van der Waals surface area contributed by atoms with E-state index in [1.165, 1.54) is 15.0 Å². The summed E-state index contributed by atoms with van der Waals surface area (Å²) in [4.78, 5) is 100. The van der Waals surface area contributed by atoms with Crippen LogP contribution in [0.4, 0.5) is 5.69 Å². The Kier molecular flexibility index (Phi) is 10.6. The number of amides is 5. The first-order chi connectivity index (χ1) is 46.6. The largest absolute Gasteiger partial charge is 0.487 e. The third kappa shape index (κ3) is 6.13. The highest BCUT2D eigenvalue weighted by Gasteiger charge is 2.96. The lowest BCUT2D eigenvalue weighted by molar-refractivity contribution is -1.06. The topological polar surface area (TPSA) is 228 Å². The van der Waals surface area contributed by atoms with Gasteiger partial charge in [-0.15, -0.1) is 0 Å². The lowest BCUT2D eigenvalue weighted by Crippen LogP contribution is -3.12. The lowest BCUT2D eigenvalue weighted by atomic mass is 9.35.